The maximum absolute atomic E-state index is 9.19. The van der Waals surface area contributed by atoms with E-state index in [4.69, 9.17) is 14.2 Å². The van der Waals surface area contributed by atoms with Crippen LogP contribution in [0.25, 0.3) is 0 Å². The molecule has 18 heavy (non-hydrogen) atoms. The third kappa shape index (κ3) is 3.22. The lowest BCUT2D eigenvalue weighted by atomic mass is 10.1. The third-order valence-corrected chi connectivity index (χ3v) is 2.99. The van der Waals surface area contributed by atoms with Crippen LogP contribution < -0.4 is 4.74 Å². The summed E-state index contributed by atoms with van der Waals surface area (Å²) in [6.07, 6.45) is -0.0427. The highest BCUT2D eigenvalue weighted by molar-refractivity contribution is 5.34. The number of benzene rings is 1. The number of hydrogen-bond donors (Lipinski definition) is 1. The Morgan fingerprint density at radius 3 is 2.83 bits per heavy atom. The van der Waals surface area contributed by atoms with E-state index in [0.29, 0.717) is 13.2 Å². The zero-order valence-electron chi connectivity index (χ0n) is 11.1. The molecule has 0 aromatic heterocycles. The maximum Gasteiger partial charge on any atom is 0.163 e. The summed E-state index contributed by atoms with van der Waals surface area (Å²) in [5, 5.41) is 9.19. The van der Waals surface area contributed by atoms with Crippen molar-refractivity contribution in [2.75, 3.05) is 13.2 Å². The van der Waals surface area contributed by atoms with Gasteiger partial charge in [-0.3, -0.25) is 0 Å². The molecule has 1 saturated heterocycles. The van der Waals surface area contributed by atoms with Crippen LogP contribution in [0.5, 0.6) is 5.75 Å². The van der Waals surface area contributed by atoms with Crippen LogP contribution >= 0.6 is 0 Å². The molecule has 1 atom stereocenters. The van der Waals surface area contributed by atoms with Crippen molar-refractivity contribution >= 4 is 0 Å². The van der Waals surface area contributed by atoms with Crippen LogP contribution in [0.4, 0.5) is 0 Å². The number of rotatable bonds is 4. The van der Waals surface area contributed by atoms with Crippen molar-refractivity contribution in [2.24, 2.45) is 0 Å². The van der Waals surface area contributed by atoms with Crippen LogP contribution in [0.1, 0.15) is 25.0 Å². The van der Waals surface area contributed by atoms with Gasteiger partial charge in [-0.1, -0.05) is 6.07 Å². The third-order valence-electron chi connectivity index (χ3n) is 2.99. The number of aryl methyl sites for hydroxylation is 1. The second-order valence-electron chi connectivity index (χ2n) is 5.01. The summed E-state index contributed by atoms with van der Waals surface area (Å²) in [5.41, 5.74) is 1.95. The smallest absolute Gasteiger partial charge is 0.163 e. The van der Waals surface area contributed by atoms with Gasteiger partial charge < -0.3 is 19.3 Å². The van der Waals surface area contributed by atoms with Crippen molar-refractivity contribution in [2.45, 2.75) is 39.3 Å². The predicted octanol–water partition coefficient (Wildman–Crippen LogP) is 2.02. The van der Waals surface area contributed by atoms with Gasteiger partial charge in [0, 0.05) is 0 Å². The van der Waals surface area contributed by atoms with Crippen molar-refractivity contribution in [1.29, 1.82) is 0 Å². The Bertz CT molecular complexity index is 414. The van der Waals surface area contributed by atoms with Gasteiger partial charge in [0.1, 0.15) is 18.5 Å². The SMILES string of the molecule is Cc1ccc(OC[C@H]2COC(C)(C)O2)cc1CO. The summed E-state index contributed by atoms with van der Waals surface area (Å²) in [6.45, 7) is 6.78. The van der Waals surface area contributed by atoms with Gasteiger partial charge in [0.25, 0.3) is 0 Å². The van der Waals surface area contributed by atoms with Gasteiger partial charge in [0.15, 0.2) is 5.79 Å². The van der Waals surface area contributed by atoms with Gasteiger partial charge in [-0.2, -0.15) is 0 Å². The quantitative estimate of drug-likeness (QED) is 0.890. The summed E-state index contributed by atoms with van der Waals surface area (Å²) >= 11 is 0. The summed E-state index contributed by atoms with van der Waals surface area (Å²) in [7, 11) is 0. The Morgan fingerprint density at radius 2 is 2.22 bits per heavy atom. The molecule has 0 bridgehead atoms. The summed E-state index contributed by atoms with van der Waals surface area (Å²) in [4.78, 5) is 0. The highest BCUT2D eigenvalue weighted by Gasteiger charge is 2.32. The van der Waals surface area contributed by atoms with E-state index < -0.39 is 5.79 Å². The summed E-state index contributed by atoms with van der Waals surface area (Å²) in [6, 6.07) is 5.70. The monoisotopic (exact) mass is 252 g/mol. The van der Waals surface area contributed by atoms with E-state index in [9.17, 15) is 5.11 Å². The first-order valence-corrected chi connectivity index (χ1v) is 6.15. The molecule has 1 fully saturated rings. The second-order valence-corrected chi connectivity index (χ2v) is 5.01. The minimum Gasteiger partial charge on any atom is -0.491 e. The molecule has 0 radical (unpaired) electrons. The molecule has 0 amide bonds. The van der Waals surface area contributed by atoms with Crippen LogP contribution in [0.3, 0.4) is 0 Å². The molecular weight excluding hydrogens is 232 g/mol. The molecule has 0 spiro atoms. The topological polar surface area (TPSA) is 47.9 Å². The lowest BCUT2D eigenvalue weighted by Crippen LogP contribution is -2.25. The lowest BCUT2D eigenvalue weighted by molar-refractivity contribution is -0.141. The second kappa shape index (κ2) is 5.26. The van der Waals surface area contributed by atoms with E-state index in [1.165, 1.54) is 0 Å². The Labute approximate surface area is 107 Å². The van der Waals surface area contributed by atoms with E-state index in [0.717, 1.165) is 16.9 Å². The minimum absolute atomic E-state index is 0.0269. The Morgan fingerprint density at radius 1 is 1.44 bits per heavy atom. The van der Waals surface area contributed by atoms with Gasteiger partial charge in [-0.25, -0.2) is 0 Å². The number of ether oxygens (including phenoxy) is 3. The first kappa shape index (κ1) is 13.3. The number of aliphatic hydroxyl groups excluding tert-OH is 1. The number of hydrogen-bond acceptors (Lipinski definition) is 4. The molecule has 2 rings (SSSR count). The van der Waals surface area contributed by atoms with E-state index >= 15 is 0 Å². The molecule has 1 aliphatic rings. The van der Waals surface area contributed by atoms with Crippen LogP contribution in [-0.4, -0.2) is 30.2 Å². The minimum atomic E-state index is -0.516. The van der Waals surface area contributed by atoms with E-state index in [1.807, 2.05) is 39.0 Å². The zero-order chi connectivity index (χ0) is 13.2. The summed E-state index contributed by atoms with van der Waals surface area (Å²) < 4.78 is 16.8. The van der Waals surface area contributed by atoms with Crippen LogP contribution in [-0.2, 0) is 16.1 Å². The highest BCUT2D eigenvalue weighted by atomic mass is 16.7. The van der Waals surface area contributed by atoms with E-state index in [-0.39, 0.29) is 12.7 Å². The largest absolute Gasteiger partial charge is 0.491 e. The standard InChI is InChI=1S/C14H20O4/c1-10-4-5-12(6-11(10)7-15)16-8-13-9-17-14(2,3)18-13/h4-6,13,15H,7-9H2,1-3H3/t13-/m0/s1. The molecule has 1 N–H and O–H groups in total. The molecule has 1 aliphatic heterocycles. The van der Waals surface area contributed by atoms with Crippen molar-refractivity contribution in [3.05, 3.63) is 29.3 Å². The van der Waals surface area contributed by atoms with Crippen LogP contribution in [0, 0.1) is 6.92 Å². The molecule has 4 nitrogen and oxygen atoms in total. The fourth-order valence-electron chi connectivity index (χ4n) is 1.94. The first-order chi connectivity index (χ1) is 8.50. The molecule has 4 heteroatoms. The highest BCUT2D eigenvalue weighted by Crippen LogP contribution is 2.23. The maximum atomic E-state index is 9.19. The predicted molar refractivity (Wildman–Crippen MR) is 67.5 cm³/mol. The molecule has 1 aromatic carbocycles. The fraction of sp³-hybridized carbons (Fsp3) is 0.571. The normalized spacial score (nSPS) is 22.1. The Kier molecular flexibility index (Phi) is 3.90. The first-order valence-electron chi connectivity index (χ1n) is 6.15. The molecule has 0 aliphatic carbocycles. The zero-order valence-corrected chi connectivity index (χ0v) is 11.1. The Hall–Kier alpha value is -1.10. The molecule has 0 saturated carbocycles. The van der Waals surface area contributed by atoms with Gasteiger partial charge >= 0.3 is 0 Å². The molecular formula is C14H20O4. The van der Waals surface area contributed by atoms with Gasteiger partial charge in [-0.05, 0) is 44.0 Å². The number of aliphatic hydroxyl groups is 1. The van der Waals surface area contributed by atoms with Crippen molar-refractivity contribution < 1.29 is 19.3 Å². The van der Waals surface area contributed by atoms with Gasteiger partial charge in [-0.15, -0.1) is 0 Å². The van der Waals surface area contributed by atoms with Crippen molar-refractivity contribution in [3.63, 3.8) is 0 Å². The van der Waals surface area contributed by atoms with E-state index in [1.54, 1.807) is 0 Å². The average Bonchev–Trinajstić information content (AvgIpc) is 2.68. The molecule has 1 aromatic rings. The van der Waals surface area contributed by atoms with Crippen LogP contribution in [0.2, 0.25) is 0 Å². The van der Waals surface area contributed by atoms with Gasteiger partial charge in [0.05, 0.1) is 13.2 Å². The van der Waals surface area contributed by atoms with Crippen molar-refractivity contribution in [3.8, 4) is 5.75 Å². The van der Waals surface area contributed by atoms with E-state index in [2.05, 4.69) is 0 Å². The van der Waals surface area contributed by atoms with Crippen molar-refractivity contribution in [1.82, 2.24) is 0 Å². The molecule has 1 heterocycles. The van der Waals surface area contributed by atoms with Crippen LogP contribution in [0.15, 0.2) is 18.2 Å². The Balaban J connectivity index is 1.91. The molecule has 0 unspecified atom stereocenters. The van der Waals surface area contributed by atoms with Gasteiger partial charge in [0.2, 0.25) is 0 Å². The fourth-order valence-corrected chi connectivity index (χ4v) is 1.94. The lowest BCUT2D eigenvalue weighted by Gasteiger charge is -2.17. The average molecular weight is 252 g/mol. The molecule has 100 valence electrons. The summed E-state index contributed by atoms with van der Waals surface area (Å²) in [5.74, 6) is 0.232.